The standard InChI is InChI=1S/C25H14ClF2N5O3S/c26-16-5-6-21(17(10-16)20-2-1-3-25-30-8-9-33(20)25)36-22-11-19(28)23(12-18(22)27)37(34,35)32-24-7-4-15(13-29)14-31-24/h1-12,14H,(H,31,32). The lowest BCUT2D eigenvalue weighted by Crippen LogP contribution is -2.16. The van der Waals surface area contributed by atoms with E-state index < -0.39 is 32.3 Å². The van der Waals surface area contributed by atoms with Crippen LogP contribution in [0, 0.1) is 23.0 Å². The van der Waals surface area contributed by atoms with Crippen molar-refractivity contribution in [2.45, 2.75) is 4.90 Å². The van der Waals surface area contributed by atoms with Crippen LogP contribution in [-0.2, 0) is 10.0 Å². The van der Waals surface area contributed by atoms with Gasteiger partial charge < -0.3 is 4.74 Å². The Hall–Kier alpha value is -4.53. The van der Waals surface area contributed by atoms with Crippen molar-refractivity contribution in [3.63, 3.8) is 0 Å². The molecule has 3 aromatic heterocycles. The highest BCUT2D eigenvalue weighted by Gasteiger charge is 2.24. The van der Waals surface area contributed by atoms with Gasteiger partial charge >= 0.3 is 0 Å². The highest BCUT2D eigenvalue weighted by atomic mass is 35.5. The number of nitrogens with zero attached hydrogens (tertiary/aromatic N) is 4. The number of aromatic nitrogens is 3. The predicted molar refractivity (Wildman–Crippen MR) is 132 cm³/mol. The second-order valence-electron chi connectivity index (χ2n) is 7.67. The zero-order valence-corrected chi connectivity index (χ0v) is 20.1. The molecule has 3 heterocycles. The third kappa shape index (κ3) is 4.80. The van der Waals surface area contributed by atoms with E-state index in [1.807, 2.05) is 6.07 Å². The largest absolute Gasteiger partial charge is 0.453 e. The Morgan fingerprint density at radius 1 is 1.00 bits per heavy atom. The number of pyridine rings is 2. The fourth-order valence-corrected chi connectivity index (χ4v) is 4.84. The lowest BCUT2D eigenvalue weighted by atomic mass is 10.1. The third-order valence-corrected chi connectivity index (χ3v) is 6.88. The Morgan fingerprint density at radius 2 is 1.84 bits per heavy atom. The van der Waals surface area contributed by atoms with E-state index in [-0.39, 0.29) is 17.1 Å². The number of hydrogen-bond acceptors (Lipinski definition) is 6. The summed E-state index contributed by atoms with van der Waals surface area (Å²) in [6.07, 6.45) is 4.48. The molecule has 5 rings (SSSR count). The van der Waals surface area contributed by atoms with Crippen LogP contribution in [0.2, 0.25) is 5.02 Å². The number of halogens is 3. The summed E-state index contributed by atoms with van der Waals surface area (Å²) >= 11 is 6.20. The number of ether oxygens (including phenoxy) is 1. The maximum absolute atomic E-state index is 15.0. The van der Waals surface area contributed by atoms with Gasteiger partial charge in [0.1, 0.15) is 34.0 Å². The molecule has 0 saturated carbocycles. The monoisotopic (exact) mass is 537 g/mol. The molecule has 12 heteroatoms. The van der Waals surface area contributed by atoms with Gasteiger partial charge in [-0.05, 0) is 42.5 Å². The van der Waals surface area contributed by atoms with Crippen molar-refractivity contribution in [2.24, 2.45) is 0 Å². The molecule has 0 unspecified atom stereocenters. The quantitative estimate of drug-likeness (QED) is 0.293. The first kappa shape index (κ1) is 24.2. The van der Waals surface area contributed by atoms with Crippen molar-refractivity contribution >= 4 is 33.1 Å². The van der Waals surface area contributed by atoms with E-state index in [0.29, 0.717) is 34.1 Å². The Labute approximate surface area is 214 Å². The van der Waals surface area contributed by atoms with Gasteiger partial charge in [0.05, 0.1) is 11.3 Å². The van der Waals surface area contributed by atoms with Crippen LogP contribution in [0.3, 0.4) is 0 Å². The average Bonchev–Trinajstić information content (AvgIpc) is 3.36. The minimum atomic E-state index is -4.54. The van der Waals surface area contributed by atoms with Crippen molar-refractivity contribution < 1.29 is 21.9 Å². The summed E-state index contributed by atoms with van der Waals surface area (Å²) in [4.78, 5) is 7.07. The van der Waals surface area contributed by atoms with Crippen LogP contribution in [0.5, 0.6) is 11.5 Å². The SMILES string of the molecule is N#Cc1ccc(NS(=O)(=O)c2cc(F)c(Oc3ccc(Cl)cc3-c3cccc4nccn34)cc2F)nc1. The van der Waals surface area contributed by atoms with Crippen molar-refractivity contribution in [1.82, 2.24) is 14.4 Å². The molecular formula is C25H14ClF2N5O3S. The number of nitrogens with one attached hydrogen (secondary N) is 1. The molecule has 8 nitrogen and oxygen atoms in total. The van der Waals surface area contributed by atoms with Crippen molar-refractivity contribution in [2.75, 3.05) is 4.72 Å². The van der Waals surface area contributed by atoms with Crippen LogP contribution in [0.15, 0.2) is 84.1 Å². The summed E-state index contributed by atoms with van der Waals surface area (Å²) < 4.78 is 64.9. The topological polar surface area (TPSA) is 109 Å². The predicted octanol–water partition coefficient (Wildman–Crippen LogP) is 5.79. The first-order chi connectivity index (χ1) is 17.7. The first-order valence-electron chi connectivity index (χ1n) is 10.5. The van der Waals surface area contributed by atoms with Gasteiger partial charge in [0.2, 0.25) is 0 Å². The van der Waals surface area contributed by atoms with E-state index in [2.05, 4.69) is 14.7 Å². The number of imidazole rings is 1. The Bertz CT molecular complexity index is 1800. The Morgan fingerprint density at radius 3 is 2.59 bits per heavy atom. The fourth-order valence-electron chi connectivity index (χ4n) is 3.58. The van der Waals surface area contributed by atoms with E-state index in [4.69, 9.17) is 21.6 Å². The zero-order valence-electron chi connectivity index (χ0n) is 18.6. The highest BCUT2D eigenvalue weighted by molar-refractivity contribution is 7.92. The number of anilines is 1. The number of sulfonamides is 1. The average molecular weight is 538 g/mol. The van der Waals surface area contributed by atoms with E-state index >= 15 is 4.39 Å². The van der Waals surface area contributed by atoms with Gasteiger partial charge in [0.15, 0.2) is 11.6 Å². The van der Waals surface area contributed by atoms with E-state index in [1.165, 1.54) is 24.3 Å². The molecule has 0 aliphatic carbocycles. The molecule has 0 aliphatic heterocycles. The van der Waals surface area contributed by atoms with E-state index in [1.54, 1.807) is 41.1 Å². The van der Waals surface area contributed by atoms with Crippen molar-refractivity contribution in [1.29, 1.82) is 5.26 Å². The fraction of sp³-hybridized carbons (Fsp3) is 0. The molecule has 0 saturated heterocycles. The van der Waals surface area contributed by atoms with Crippen LogP contribution < -0.4 is 9.46 Å². The van der Waals surface area contributed by atoms with E-state index in [0.717, 1.165) is 6.20 Å². The number of benzene rings is 2. The maximum atomic E-state index is 15.0. The lowest BCUT2D eigenvalue weighted by molar-refractivity contribution is 0.433. The summed E-state index contributed by atoms with van der Waals surface area (Å²) in [5, 5.41) is 9.21. The number of rotatable bonds is 6. The smallest absolute Gasteiger partial charge is 0.266 e. The lowest BCUT2D eigenvalue weighted by Gasteiger charge is -2.15. The molecule has 0 radical (unpaired) electrons. The Balaban J connectivity index is 1.49. The number of hydrogen-bond donors (Lipinski definition) is 1. The van der Waals surface area contributed by atoms with E-state index in [9.17, 15) is 12.8 Å². The van der Waals surface area contributed by atoms with Crippen LogP contribution in [0.4, 0.5) is 14.6 Å². The first-order valence-corrected chi connectivity index (χ1v) is 12.4. The highest BCUT2D eigenvalue weighted by Crippen LogP contribution is 2.37. The molecule has 0 fully saturated rings. The second kappa shape index (κ2) is 9.50. The van der Waals surface area contributed by atoms with Crippen LogP contribution >= 0.6 is 11.6 Å². The van der Waals surface area contributed by atoms with Gasteiger partial charge in [-0.3, -0.25) is 9.12 Å². The molecule has 2 aromatic carbocycles. The molecule has 0 atom stereocenters. The minimum Gasteiger partial charge on any atom is -0.453 e. The van der Waals surface area contributed by atoms with Crippen molar-refractivity contribution in [3.05, 3.63) is 101 Å². The molecule has 0 bridgehead atoms. The number of fused-ring (bicyclic) bond motifs is 1. The molecule has 0 aliphatic rings. The normalized spacial score (nSPS) is 11.3. The molecule has 1 N–H and O–H groups in total. The van der Waals surface area contributed by atoms with Crippen LogP contribution in [0.25, 0.3) is 16.9 Å². The molecule has 5 aromatic rings. The second-order valence-corrected chi connectivity index (χ2v) is 9.76. The molecular weight excluding hydrogens is 524 g/mol. The summed E-state index contributed by atoms with van der Waals surface area (Å²) in [5.41, 5.74) is 1.96. The third-order valence-electron chi connectivity index (χ3n) is 5.27. The maximum Gasteiger partial charge on any atom is 0.266 e. The summed E-state index contributed by atoms with van der Waals surface area (Å²) in [6, 6.07) is 15.5. The Kier molecular flexibility index (Phi) is 6.20. The van der Waals surface area contributed by atoms with Gasteiger partial charge in [0, 0.05) is 41.3 Å². The minimum absolute atomic E-state index is 0.152. The van der Waals surface area contributed by atoms with Gasteiger partial charge in [0.25, 0.3) is 10.0 Å². The van der Waals surface area contributed by atoms with Crippen LogP contribution in [-0.4, -0.2) is 22.8 Å². The molecule has 0 amide bonds. The molecule has 0 spiro atoms. The van der Waals surface area contributed by atoms with Crippen LogP contribution in [0.1, 0.15) is 5.56 Å². The molecule has 37 heavy (non-hydrogen) atoms. The summed E-state index contributed by atoms with van der Waals surface area (Å²) in [6.45, 7) is 0. The van der Waals surface area contributed by atoms with Crippen molar-refractivity contribution in [3.8, 4) is 28.8 Å². The summed E-state index contributed by atoms with van der Waals surface area (Å²) in [5.74, 6) is -2.91. The van der Waals surface area contributed by atoms with Gasteiger partial charge in [-0.25, -0.2) is 27.2 Å². The number of nitriles is 1. The molecule has 184 valence electrons. The van der Waals surface area contributed by atoms with Gasteiger partial charge in [-0.2, -0.15) is 5.26 Å². The summed E-state index contributed by atoms with van der Waals surface area (Å²) in [7, 11) is -4.54. The zero-order chi connectivity index (χ0) is 26.2. The van der Waals surface area contributed by atoms with Gasteiger partial charge in [-0.15, -0.1) is 0 Å². The van der Waals surface area contributed by atoms with Gasteiger partial charge in [-0.1, -0.05) is 17.7 Å².